The van der Waals surface area contributed by atoms with E-state index < -0.39 is 17.1 Å². The van der Waals surface area contributed by atoms with Crippen LogP contribution in [0.4, 0.5) is 10.5 Å². The summed E-state index contributed by atoms with van der Waals surface area (Å²) >= 11 is 0.749. The molecule has 2 heterocycles. The molecule has 1 aliphatic heterocycles. The lowest BCUT2D eigenvalue weighted by atomic mass is 10.0. The van der Waals surface area contributed by atoms with Crippen molar-refractivity contribution >= 4 is 40.6 Å². The van der Waals surface area contributed by atoms with Gasteiger partial charge in [-0.1, -0.05) is 38.1 Å². The SMILES string of the molecule is CC(C)c1ccc(NC(=O)CN2C(=O)S/C(=C/c3ccc(-c4ccccc4C#N)o3)C2=O)cc1. The fraction of sp³-hybridized carbons (Fsp3) is 0.154. The second-order valence-electron chi connectivity index (χ2n) is 7.95. The summed E-state index contributed by atoms with van der Waals surface area (Å²) in [7, 11) is 0. The summed E-state index contributed by atoms with van der Waals surface area (Å²) in [5, 5.41) is 11.5. The number of carbonyl (C=O) groups is 3. The second kappa shape index (κ2) is 9.81. The highest BCUT2D eigenvalue weighted by molar-refractivity contribution is 8.18. The van der Waals surface area contributed by atoms with E-state index in [-0.39, 0.29) is 11.4 Å². The van der Waals surface area contributed by atoms with Gasteiger partial charge in [-0.25, -0.2) is 0 Å². The maximum atomic E-state index is 12.8. The Morgan fingerprint density at radius 1 is 1.12 bits per heavy atom. The number of nitrogens with zero attached hydrogens (tertiary/aromatic N) is 2. The number of hydrogen-bond donors (Lipinski definition) is 1. The zero-order chi connectivity index (χ0) is 24.2. The molecule has 0 unspecified atom stereocenters. The number of amides is 3. The summed E-state index contributed by atoms with van der Waals surface area (Å²) in [6.07, 6.45) is 1.46. The molecule has 1 N–H and O–H groups in total. The molecule has 3 amide bonds. The van der Waals surface area contributed by atoms with E-state index in [4.69, 9.17) is 4.42 Å². The molecule has 4 rings (SSSR count). The normalized spacial score (nSPS) is 14.6. The van der Waals surface area contributed by atoms with Crippen molar-refractivity contribution in [1.82, 2.24) is 4.90 Å². The molecule has 1 aromatic heterocycles. The minimum atomic E-state index is -0.560. The molecule has 0 saturated carbocycles. The van der Waals surface area contributed by atoms with Crippen LogP contribution in [0.15, 0.2) is 70.0 Å². The van der Waals surface area contributed by atoms with Crippen LogP contribution in [-0.4, -0.2) is 28.5 Å². The molecule has 170 valence electrons. The van der Waals surface area contributed by atoms with E-state index in [0.717, 1.165) is 22.2 Å². The summed E-state index contributed by atoms with van der Waals surface area (Å²) in [5.74, 6) is 0.191. The third-order valence-corrected chi connectivity index (χ3v) is 6.16. The molecule has 1 saturated heterocycles. The van der Waals surface area contributed by atoms with Gasteiger partial charge < -0.3 is 9.73 Å². The van der Waals surface area contributed by atoms with Crippen molar-refractivity contribution in [3.05, 3.63) is 82.5 Å². The summed E-state index contributed by atoms with van der Waals surface area (Å²) in [5.41, 5.74) is 2.84. The molecule has 0 spiro atoms. The van der Waals surface area contributed by atoms with Crippen molar-refractivity contribution in [2.45, 2.75) is 19.8 Å². The van der Waals surface area contributed by atoms with E-state index in [1.165, 1.54) is 6.08 Å². The third kappa shape index (κ3) is 4.95. The minimum absolute atomic E-state index is 0.161. The van der Waals surface area contributed by atoms with Crippen molar-refractivity contribution in [1.29, 1.82) is 5.26 Å². The number of rotatable bonds is 6. The lowest BCUT2D eigenvalue weighted by Gasteiger charge is -2.13. The summed E-state index contributed by atoms with van der Waals surface area (Å²) < 4.78 is 5.78. The Hall–Kier alpha value is -4.09. The second-order valence-corrected chi connectivity index (χ2v) is 8.95. The molecular weight excluding hydrogens is 450 g/mol. The van der Waals surface area contributed by atoms with Crippen LogP contribution < -0.4 is 5.32 Å². The first-order valence-electron chi connectivity index (χ1n) is 10.6. The molecule has 34 heavy (non-hydrogen) atoms. The van der Waals surface area contributed by atoms with E-state index in [0.29, 0.717) is 34.3 Å². The number of nitriles is 1. The van der Waals surface area contributed by atoms with E-state index in [9.17, 15) is 19.6 Å². The first kappa shape index (κ1) is 23.1. The average Bonchev–Trinajstić information content (AvgIpc) is 3.39. The molecule has 0 bridgehead atoms. The van der Waals surface area contributed by atoms with Crippen LogP contribution in [-0.2, 0) is 9.59 Å². The molecule has 1 fully saturated rings. The molecule has 1 aliphatic rings. The van der Waals surface area contributed by atoms with E-state index >= 15 is 0 Å². The molecule has 0 atom stereocenters. The quantitative estimate of drug-likeness (QED) is 0.468. The molecule has 0 aliphatic carbocycles. The smallest absolute Gasteiger partial charge is 0.294 e. The van der Waals surface area contributed by atoms with Gasteiger partial charge in [0.2, 0.25) is 5.91 Å². The van der Waals surface area contributed by atoms with Gasteiger partial charge >= 0.3 is 0 Å². The van der Waals surface area contributed by atoms with Crippen LogP contribution >= 0.6 is 11.8 Å². The Labute approximate surface area is 201 Å². The van der Waals surface area contributed by atoms with Gasteiger partial charge in [0, 0.05) is 17.3 Å². The highest BCUT2D eigenvalue weighted by Gasteiger charge is 2.36. The number of hydrogen-bond acceptors (Lipinski definition) is 6. The molecule has 0 radical (unpaired) electrons. The predicted octanol–water partition coefficient (Wildman–Crippen LogP) is 5.62. The molecule has 7 nitrogen and oxygen atoms in total. The highest BCUT2D eigenvalue weighted by atomic mass is 32.2. The van der Waals surface area contributed by atoms with Crippen molar-refractivity contribution in [3.63, 3.8) is 0 Å². The number of imide groups is 1. The molecule has 8 heteroatoms. The topological polar surface area (TPSA) is 103 Å². The summed E-state index contributed by atoms with van der Waals surface area (Å²) in [6, 6.07) is 19.9. The summed E-state index contributed by atoms with van der Waals surface area (Å²) in [6.45, 7) is 3.78. The maximum Gasteiger partial charge on any atom is 0.294 e. The fourth-order valence-corrected chi connectivity index (χ4v) is 4.25. The monoisotopic (exact) mass is 471 g/mol. The zero-order valence-electron chi connectivity index (χ0n) is 18.6. The standard InChI is InChI=1S/C26H21N3O4S/c1-16(2)17-7-9-19(10-8-17)28-24(30)15-29-25(31)23(34-26(29)32)13-20-11-12-22(33-20)21-6-4-3-5-18(21)14-27/h3-13,16H,15H2,1-2H3,(H,28,30)/b23-13+. The van der Waals surface area contributed by atoms with Crippen LogP contribution in [0, 0.1) is 11.3 Å². The molecule has 3 aromatic rings. The maximum absolute atomic E-state index is 12.8. The van der Waals surface area contributed by atoms with Crippen LogP contribution in [0.2, 0.25) is 0 Å². The van der Waals surface area contributed by atoms with E-state index in [2.05, 4.69) is 25.2 Å². The van der Waals surface area contributed by atoms with E-state index in [1.807, 2.05) is 12.1 Å². The van der Waals surface area contributed by atoms with Crippen molar-refractivity contribution < 1.29 is 18.8 Å². The van der Waals surface area contributed by atoms with Crippen LogP contribution in [0.1, 0.15) is 36.7 Å². The Bertz CT molecular complexity index is 1330. The highest BCUT2D eigenvalue weighted by Crippen LogP contribution is 2.33. The Kier molecular flexibility index (Phi) is 6.66. The zero-order valence-corrected chi connectivity index (χ0v) is 19.4. The molecular formula is C26H21N3O4S. The van der Waals surface area contributed by atoms with Gasteiger partial charge in [-0.05, 0) is 59.6 Å². The van der Waals surface area contributed by atoms with Crippen LogP contribution in [0.25, 0.3) is 17.4 Å². The van der Waals surface area contributed by atoms with Crippen molar-refractivity contribution in [2.75, 3.05) is 11.9 Å². The van der Waals surface area contributed by atoms with Gasteiger partial charge in [-0.2, -0.15) is 5.26 Å². The fourth-order valence-electron chi connectivity index (χ4n) is 3.43. The first-order chi connectivity index (χ1) is 16.4. The predicted molar refractivity (Wildman–Crippen MR) is 131 cm³/mol. The number of benzene rings is 2. The van der Waals surface area contributed by atoms with E-state index in [1.54, 1.807) is 48.5 Å². The number of anilines is 1. The van der Waals surface area contributed by atoms with Crippen LogP contribution in [0.3, 0.4) is 0 Å². The van der Waals surface area contributed by atoms with Crippen LogP contribution in [0.5, 0.6) is 0 Å². The number of nitrogens with one attached hydrogen (secondary N) is 1. The van der Waals surface area contributed by atoms with Crippen molar-refractivity contribution in [3.8, 4) is 17.4 Å². The van der Waals surface area contributed by atoms with Gasteiger partial charge in [0.05, 0.1) is 16.5 Å². The first-order valence-corrected chi connectivity index (χ1v) is 11.4. The summed E-state index contributed by atoms with van der Waals surface area (Å²) in [4.78, 5) is 38.6. The average molecular weight is 472 g/mol. The molecule has 2 aromatic carbocycles. The largest absolute Gasteiger partial charge is 0.457 e. The lowest BCUT2D eigenvalue weighted by molar-refractivity contribution is -0.127. The number of thioether (sulfide) groups is 1. The van der Waals surface area contributed by atoms with Crippen molar-refractivity contribution in [2.24, 2.45) is 0 Å². The van der Waals surface area contributed by atoms with Gasteiger partial charge in [-0.3, -0.25) is 19.3 Å². The van der Waals surface area contributed by atoms with Gasteiger partial charge in [0.1, 0.15) is 18.1 Å². The number of carbonyl (C=O) groups excluding carboxylic acids is 3. The Balaban J connectivity index is 1.44. The van der Waals surface area contributed by atoms with Gasteiger partial charge in [-0.15, -0.1) is 0 Å². The Morgan fingerprint density at radius 2 is 1.85 bits per heavy atom. The van der Waals surface area contributed by atoms with Gasteiger partial charge in [0.25, 0.3) is 11.1 Å². The Morgan fingerprint density at radius 3 is 2.56 bits per heavy atom. The van der Waals surface area contributed by atoms with Gasteiger partial charge in [0.15, 0.2) is 0 Å². The minimum Gasteiger partial charge on any atom is -0.457 e. The lowest BCUT2D eigenvalue weighted by Crippen LogP contribution is -2.36. The third-order valence-electron chi connectivity index (χ3n) is 5.25. The number of furan rings is 1.